The number of carbonyl (C=O) groups excluding carboxylic acids is 2. The van der Waals surface area contributed by atoms with Gasteiger partial charge in [-0.25, -0.2) is 10.1 Å². The molecule has 8 heteroatoms. The van der Waals surface area contributed by atoms with Crippen LogP contribution in [0.2, 0.25) is 12.6 Å². The molecule has 1 N–H and O–H groups in total. The van der Waals surface area contributed by atoms with Crippen LogP contribution in [0.15, 0.2) is 24.3 Å². The van der Waals surface area contributed by atoms with Crippen molar-refractivity contribution in [2.45, 2.75) is 25.5 Å². The van der Waals surface area contributed by atoms with E-state index in [-0.39, 0.29) is 19.0 Å². The summed E-state index contributed by atoms with van der Waals surface area (Å²) >= 11 is 0. The fraction of sp³-hybridized carbons (Fsp3) is 0.333. The molecule has 7 nitrogen and oxygen atoms in total. The summed E-state index contributed by atoms with van der Waals surface area (Å²) in [5, 5.41) is 16.8. The molecule has 0 atom stereocenters. The van der Waals surface area contributed by atoms with Crippen LogP contribution >= 0.6 is 0 Å². The average Bonchev–Trinajstić information content (AvgIpc) is 2.98. The number of allylic oxidation sites excluding steroid dienone is 2. The number of amides is 3. The molecular formula is C18H18BN5O2. The number of nitrogens with one attached hydrogen (secondary N) is 1. The number of hydrogen-bond donors (Lipinski definition) is 1. The topological polar surface area (TPSA) is 91.0 Å². The van der Waals surface area contributed by atoms with E-state index in [4.69, 9.17) is 5.26 Å². The van der Waals surface area contributed by atoms with Gasteiger partial charge in [-0.2, -0.15) is 5.10 Å². The minimum Gasteiger partial charge on any atom is -0.278 e. The monoisotopic (exact) mass is 347 g/mol. The number of fused-ring (bicyclic) bond motifs is 1. The third-order valence-corrected chi connectivity index (χ3v) is 5.11. The number of benzene rings is 1. The fourth-order valence-electron chi connectivity index (χ4n) is 3.62. The van der Waals surface area contributed by atoms with E-state index in [1.165, 1.54) is 10.5 Å². The third-order valence-electron chi connectivity index (χ3n) is 5.11. The molecule has 0 bridgehead atoms. The Kier molecular flexibility index (Phi) is 4.00. The third kappa shape index (κ3) is 2.75. The molecule has 2 aliphatic rings. The summed E-state index contributed by atoms with van der Waals surface area (Å²) in [7, 11) is 1.85. The van der Waals surface area contributed by atoms with Crippen LogP contribution in [0.5, 0.6) is 0 Å². The summed E-state index contributed by atoms with van der Waals surface area (Å²) in [5.41, 5.74) is 3.31. The molecule has 3 heterocycles. The van der Waals surface area contributed by atoms with E-state index in [0.717, 1.165) is 35.5 Å². The summed E-state index contributed by atoms with van der Waals surface area (Å²) in [4.78, 5) is 25.0. The Morgan fingerprint density at radius 1 is 1.31 bits per heavy atom. The Bertz CT molecular complexity index is 987. The van der Waals surface area contributed by atoms with Gasteiger partial charge in [0, 0.05) is 31.4 Å². The Labute approximate surface area is 151 Å². The molecule has 3 amide bonds. The smallest absolute Gasteiger partial charge is 0.278 e. The van der Waals surface area contributed by atoms with E-state index in [9.17, 15) is 9.59 Å². The molecule has 1 saturated heterocycles. The van der Waals surface area contributed by atoms with Gasteiger partial charge in [-0.1, -0.05) is 18.5 Å². The van der Waals surface area contributed by atoms with Gasteiger partial charge in [0.15, 0.2) is 5.82 Å². The van der Waals surface area contributed by atoms with Crippen molar-refractivity contribution in [3.63, 3.8) is 0 Å². The zero-order valence-corrected chi connectivity index (χ0v) is 14.5. The molecule has 0 unspecified atom stereocenters. The van der Waals surface area contributed by atoms with Crippen LogP contribution in [-0.2, 0) is 11.8 Å². The Balaban J connectivity index is 1.69. The largest absolute Gasteiger partial charge is 0.329 e. The number of aromatic nitrogens is 2. The molecule has 1 aromatic carbocycles. The van der Waals surface area contributed by atoms with Crippen molar-refractivity contribution in [1.82, 2.24) is 15.1 Å². The number of hydrogen-bond acceptors (Lipinski definition) is 4. The van der Waals surface area contributed by atoms with Crippen LogP contribution in [0.3, 0.4) is 0 Å². The minimum atomic E-state index is -0.428. The zero-order valence-electron chi connectivity index (χ0n) is 14.5. The number of carbonyl (C=O) groups is 2. The lowest BCUT2D eigenvalue weighted by molar-refractivity contribution is -0.120. The molecule has 0 radical (unpaired) electrons. The first-order chi connectivity index (χ1) is 12.6. The van der Waals surface area contributed by atoms with Crippen molar-refractivity contribution in [1.29, 1.82) is 5.26 Å². The predicted molar refractivity (Wildman–Crippen MR) is 99.8 cm³/mol. The highest BCUT2D eigenvalue weighted by Gasteiger charge is 2.28. The molecule has 1 aromatic heterocycles. The van der Waals surface area contributed by atoms with Crippen molar-refractivity contribution in [3.05, 3.63) is 29.8 Å². The van der Waals surface area contributed by atoms with Crippen molar-refractivity contribution in [2.75, 3.05) is 11.4 Å². The Morgan fingerprint density at radius 3 is 2.85 bits per heavy atom. The van der Waals surface area contributed by atoms with Crippen LogP contribution in [0, 0.1) is 11.2 Å². The van der Waals surface area contributed by atoms with Crippen LogP contribution in [0.1, 0.15) is 18.4 Å². The second-order valence-electron chi connectivity index (χ2n) is 6.76. The highest BCUT2D eigenvalue weighted by atomic mass is 16.2. The molecule has 1 fully saturated rings. The molecule has 0 saturated carbocycles. The second kappa shape index (κ2) is 6.34. The van der Waals surface area contributed by atoms with Gasteiger partial charge in [0.05, 0.1) is 5.52 Å². The van der Waals surface area contributed by atoms with Crippen molar-refractivity contribution < 1.29 is 9.59 Å². The molecule has 4 rings (SSSR count). The molecule has 130 valence electrons. The number of anilines is 1. The summed E-state index contributed by atoms with van der Waals surface area (Å²) in [6, 6.07) is 5.67. The lowest BCUT2D eigenvalue weighted by Gasteiger charge is -2.24. The van der Waals surface area contributed by atoms with Gasteiger partial charge in [0.2, 0.25) is 5.91 Å². The maximum atomic E-state index is 12.1. The number of rotatable bonds is 2. The highest BCUT2D eigenvalue weighted by molar-refractivity contribution is 6.67. The standard InChI is InChI=1S/C18H18BN5O2/c1-23-15-10-13(12-4-7-19(11-20)8-5-12)2-3-14(15)17(22-23)24-9-6-16(25)21-18(24)26/h2-4,10H,5-9H2,1H3,(H,21,25,26). The zero-order chi connectivity index (χ0) is 18.3. The molecule has 2 aliphatic heterocycles. The average molecular weight is 347 g/mol. The number of nitriles is 1. The van der Waals surface area contributed by atoms with E-state index < -0.39 is 6.03 Å². The lowest BCUT2D eigenvalue weighted by atomic mass is 9.43. The number of aryl methyl sites for hydroxylation is 1. The number of urea groups is 1. The van der Waals surface area contributed by atoms with Crippen LogP contribution in [0.25, 0.3) is 16.5 Å². The van der Waals surface area contributed by atoms with Gasteiger partial charge >= 0.3 is 6.03 Å². The molecule has 0 aliphatic carbocycles. The Hall–Kier alpha value is -3.08. The van der Waals surface area contributed by atoms with E-state index in [1.54, 1.807) is 4.68 Å². The van der Waals surface area contributed by atoms with Crippen LogP contribution in [0.4, 0.5) is 10.6 Å². The number of nitrogens with zero attached hydrogens (tertiary/aromatic N) is 4. The van der Waals surface area contributed by atoms with Gasteiger partial charge in [-0.15, -0.1) is 0 Å². The van der Waals surface area contributed by atoms with Crippen molar-refractivity contribution in [2.24, 2.45) is 7.05 Å². The summed E-state index contributed by atoms with van der Waals surface area (Å²) in [5.74, 6) is 2.65. The van der Waals surface area contributed by atoms with E-state index in [1.807, 2.05) is 19.2 Å². The first-order valence-electron chi connectivity index (χ1n) is 8.74. The van der Waals surface area contributed by atoms with Gasteiger partial charge in [-0.3, -0.25) is 19.7 Å². The van der Waals surface area contributed by atoms with Gasteiger partial charge < -0.3 is 0 Å². The lowest BCUT2D eigenvalue weighted by Crippen LogP contribution is -2.49. The normalized spacial score (nSPS) is 17.9. The first kappa shape index (κ1) is 16.4. The van der Waals surface area contributed by atoms with E-state index in [2.05, 4.69) is 28.5 Å². The van der Waals surface area contributed by atoms with Crippen LogP contribution in [-0.4, -0.2) is 35.0 Å². The summed E-state index contributed by atoms with van der Waals surface area (Å²) < 4.78 is 1.76. The summed E-state index contributed by atoms with van der Waals surface area (Å²) in [6.07, 6.45) is 5.00. The maximum Gasteiger partial charge on any atom is 0.329 e. The Morgan fingerprint density at radius 2 is 2.15 bits per heavy atom. The van der Waals surface area contributed by atoms with Gasteiger partial charge in [0.25, 0.3) is 6.71 Å². The van der Waals surface area contributed by atoms with E-state index in [0.29, 0.717) is 12.4 Å². The van der Waals surface area contributed by atoms with E-state index >= 15 is 0 Å². The highest BCUT2D eigenvalue weighted by Crippen LogP contribution is 2.32. The predicted octanol–water partition coefficient (Wildman–Crippen LogP) is 2.36. The minimum absolute atomic E-state index is 0.117. The molecule has 2 aromatic rings. The van der Waals surface area contributed by atoms with Crippen molar-refractivity contribution >= 4 is 40.9 Å². The maximum absolute atomic E-state index is 12.1. The van der Waals surface area contributed by atoms with Crippen molar-refractivity contribution in [3.8, 4) is 5.97 Å². The summed E-state index contributed by atoms with van der Waals surface area (Å²) in [6.45, 7) is 0.449. The fourth-order valence-corrected chi connectivity index (χ4v) is 3.62. The molecule has 26 heavy (non-hydrogen) atoms. The second-order valence-corrected chi connectivity index (χ2v) is 6.76. The van der Waals surface area contributed by atoms with Gasteiger partial charge in [-0.05, 0) is 36.0 Å². The quantitative estimate of drug-likeness (QED) is 0.845. The van der Waals surface area contributed by atoms with Crippen LogP contribution < -0.4 is 10.2 Å². The SMILES string of the molecule is Cn1nc(N2CCC(=O)NC2=O)c2ccc(C3=CCB(C#N)CC3)cc21. The molecular weight excluding hydrogens is 329 g/mol. The molecule has 0 spiro atoms. The number of imide groups is 1. The first-order valence-corrected chi connectivity index (χ1v) is 8.74. The van der Waals surface area contributed by atoms with Gasteiger partial charge in [0.1, 0.15) is 0 Å².